The zero-order chi connectivity index (χ0) is 14.5. The Bertz CT molecular complexity index is 521. The van der Waals surface area contributed by atoms with E-state index in [1.807, 2.05) is 0 Å². The van der Waals surface area contributed by atoms with Crippen LogP contribution >= 0.6 is 0 Å². The molecule has 3 rings (SSSR count). The number of aromatic amines is 1. The second kappa shape index (κ2) is 4.58. The van der Waals surface area contributed by atoms with Gasteiger partial charge in [0.1, 0.15) is 6.10 Å². The molecule has 5 heteroatoms. The standard InChI is InChI=1S/C15H22N2O3/c1-8(2)10-7-11(17-16-10)14(18)20-13-9-5-6-19-12(9)15(13,3)4/h7-9,12-13H,5-6H2,1-4H3,(H,16,17)/t9-,12+,13+/m0/s1. The molecule has 0 bridgehead atoms. The van der Waals surface area contributed by atoms with Crippen molar-refractivity contribution >= 4 is 5.97 Å². The van der Waals surface area contributed by atoms with E-state index in [1.54, 1.807) is 6.07 Å². The van der Waals surface area contributed by atoms with Crippen LogP contribution in [0.1, 0.15) is 56.2 Å². The third kappa shape index (κ3) is 1.95. The van der Waals surface area contributed by atoms with Crippen LogP contribution in [0.3, 0.4) is 0 Å². The minimum absolute atomic E-state index is 0.0679. The smallest absolute Gasteiger partial charge is 0.359 e. The Morgan fingerprint density at radius 2 is 2.30 bits per heavy atom. The number of fused-ring (bicyclic) bond motifs is 1. The molecule has 1 aliphatic heterocycles. The summed E-state index contributed by atoms with van der Waals surface area (Å²) in [5.41, 5.74) is 1.22. The summed E-state index contributed by atoms with van der Waals surface area (Å²) < 4.78 is 11.4. The predicted octanol–water partition coefficient (Wildman–Crippen LogP) is 2.50. The Morgan fingerprint density at radius 1 is 1.55 bits per heavy atom. The first-order valence-corrected chi connectivity index (χ1v) is 7.29. The summed E-state index contributed by atoms with van der Waals surface area (Å²) in [6.07, 6.45) is 1.14. The fourth-order valence-corrected chi connectivity index (χ4v) is 3.43. The van der Waals surface area contributed by atoms with Crippen molar-refractivity contribution in [2.45, 2.75) is 52.2 Å². The predicted molar refractivity (Wildman–Crippen MR) is 73.5 cm³/mol. The number of hydrogen-bond donors (Lipinski definition) is 1. The first-order valence-electron chi connectivity index (χ1n) is 7.29. The fourth-order valence-electron chi connectivity index (χ4n) is 3.43. The lowest BCUT2D eigenvalue weighted by Gasteiger charge is -2.52. The molecule has 2 heterocycles. The quantitative estimate of drug-likeness (QED) is 0.863. The van der Waals surface area contributed by atoms with Gasteiger partial charge in [0.2, 0.25) is 0 Å². The van der Waals surface area contributed by atoms with Crippen molar-refractivity contribution < 1.29 is 14.3 Å². The fraction of sp³-hybridized carbons (Fsp3) is 0.733. The average Bonchev–Trinajstić information content (AvgIpc) is 3.03. The molecule has 110 valence electrons. The highest BCUT2D eigenvalue weighted by atomic mass is 16.6. The van der Waals surface area contributed by atoms with Gasteiger partial charge in [0.25, 0.3) is 0 Å². The van der Waals surface area contributed by atoms with Crippen molar-refractivity contribution in [3.63, 3.8) is 0 Å². The highest BCUT2D eigenvalue weighted by molar-refractivity contribution is 5.87. The number of nitrogens with one attached hydrogen (secondary N) is 1. The second-order valence-corrected chi connectivity index (χ2v) is 6.75. The summed E-state index contributed by atoms with van der Waals surface area (Å²) in [7, 11) is 0. The van der Waals surface area contributed by atoms with Gasteiger partial charge in [-0.2, -0.15) is 5.10 Å². The Kier molecular flexibility index (Phi) is 3.12. The van der Waals surface area contributed by atoms with E-state index in [1.165, 1.54) is 0 Å². The number of carbonyl (C=O) groups excluding carboxylic acids is 1. The third-order valence-corrected chi connectivity index (χ3v) is 4.66. The van der Waals surface area contributed by atoms with E-state index in [2.05, 4.69) is 37.9 Å². The van der Waals surface area contributed by atoms with Gasteiger partial charge in [-0.05, 0) is 18.4 Å². The van der Waals surface area contributed by atoms with Crippen LogP contribution in [0.15, 0.2) is 6.07 Å². The van der Waals surface area contributed by atoms with Crippen molar-refractivity contribution in [2.24, 2.45) is 11.3 Å². The number of aromatic nitrogens is 2. The number of hydrogen-bond acceptors (Lipinski definition) is 4. The summed E-state index contributed by atoms with van der Waals surface area (Å²) in [6, 6.07) is 1.78. The van der Waals surface area contributed by atoms with E-state index >= 15 is 0 Å². The molecular weight excluding hydrogens is 256 g/mol. The number of nitrogens with zero attached hydrogens (tertiary/aromatic N) is 1. The van der Waals surface area contributed by atoms with E-state index in [0.717, 1.165) is 18.7 Å². The van der Waals surface area contributed by atoms with Crippen LogP contribution in [0.2, 0.25) is 0 Å². The lowest BCUT2D eigenvalue weighted by Crippen LogP contribution is -2.61. The van der Waals surface area contributed by atoms with Crippen LogP contribution in [0.5, 0.6) is 0 Å². The van der Waals surface area contributed by atoms with Gasteiger partial charge in [-0.25, -0.2) is 4.79 Å². The summed E-state index contributed by atoms with van der Waals surface area (Å²) in [5.74, 6) is 0.325. The lowest BCUT2D eigenvalue weighted by molar-refractivity contribution is -0.183. The summed E-state index contributed by atoms with van der Waals surface area (Å²) in [6.45, 7) is 9.08. The molecular formula is C15H22N2O3. The third-order valence-electron chi connectivity index (χ3n) is 4.66. The van der Waals surface area contributed by atoms with Crippen LogP contribution in [0, 0.1) is 11.3 Å². The number of H-pyrrole nitrogens is 1. The number of esters is 1. The Hall–Kier alpha value is -1.36. The molecule has 2 aliphatic rings. The summed E-state index contributed by atoms with van der Waals surface area (Å²) >= 11 is 0. The molecule has 1 N–H and O–H groups in total. The van der Waals surface area contributed by atoms with Gasteiger partial charge < -0.3 is 9.47 Å². The largest absolute Gasteiger partial charge is 0.457 e. The van der Waals surface area contributed by atoms with E-state index in [4.69, 9.17) is 9.47 Å². The zero-order valence-corrected chi connectivity index (χ0v) is 12.5. The molecule has 0 spiro atoms. The van der Waals surface area contributed by atoms with Crippen molar-refractivity contribution in [3.05, 3.63) is 17.5 Å². The van der Waals surface area contributed by atoms with E-state index in [-0.39, 0.29) is 23.6 Å². The first kappa shape index (κ1) is 13.6. The van der Waals surface area contributed by atoms with Gasteiger partial charge >= 0.3 is 5.97 Å². The van der Waals surface area contributed by atoms with Crippen molar-refractivity contribution in [2.75, 3.05) is 6.61 Å². The van der Waals surface area contributed by atoms with Gasteiger partial charge in [0.05, 0.1) is 6.10 Å². The summed E-state index contributed by atoms with van der Waals surface area (Å²) in [4.78, 5) is 12.2. The number of ether oxygens (including phenoxy) is 2. The monoisotopic (exact) mass is 278 g/mol. The molecule has 1 aromatic heterocycles. The van der Waals surface area contributed by atoms with Crippen molar-refractivity contribution in [1.29, 1.82) is 0 Å². The molecule has 1 aliphatic carbocycles. The maximum absolute atomic E-state index is 12.2. The second-order valence-electron chi connectivity index (χ2n) is 6.75. The average molecular weight is 278 g/mol. The number of rotatable bonds is 3. The Labute approximate surface area is 119 Å². The van der Waals surface area contributed by atoms with E-state index < -0.39 is 0 Å². The van der Waals surface area contributed by atoms with Crippen molar-refractivity contribution in [1.82, 2.24) is 10.2 Å². The molecule has 3 atom stereocenters. The minimum Gasteiger partial charge on any atom is -0.457 e. The van der Waals surface area contributed by atoms with Crippen molar-refractivity contribution in [3.8, 4) is 0 Å². The van der Waals surface area contributed by atoms with Crippen LogP contribution in [-0.4, -0.2) is 35.0 Å². The topological polar surface area (TPSA) is 64.2 Å². The molecule has 20 heavy (non-hydrogen) atoms. The molecule has 0 amide bonds. The van der Waals surface area contributed by atoms with Gasteiger partial charge in [-0.1, -0.05) is 27.7 Å². The maximum Gasteiger partial charge on any atom is 0.359 e. The molecule has 0 aromatic carbocycles. The number of carbonyl (C=O) groups is 1. The van der Waals surface area contributed by atoms with Gasteiger partial charge in [0.15, 0.2) is 5.69 Å². The first-order chi connectivity index (χ1) is 9.41. The van der Waals surface area contributed by atoms with Crippen LogP contribution < -0.4 is 0 Å². The molecule has 2 fully saturated rings. The highest BCUT2D eigenvalue weighted by Crippen LogP contribution is 2.53. The Morgan fingerprint density at radius 3 is 2.95 bits per heavy atom. The SMILES string of the molecule is CC(C)c1cc(C(=O)O[C@@H]2[C@H]3CCO[C@H]3C2(C)C)n[nH]1. The summed E-state index contributed by atoms with van der Waals surface area (Å²) in [5, 5.41) is 6.94. The van der Waals surface area contributed by atoms with Crippen LogP contribution in [-0.2, 0) is 9.47 Å². The molecule has 5 nitrogen and oxygen atoms in total. The lowest BCUT2D eigenvalue weighted by atomic mass is 9.59. The molecule has 0 unspecified atom stereocenters. The van der Waals surface area contributed by atoms with E-state index in [0.29, 0.717) is 17.5 Å². The molecule has 1 aromatic rings. The molecule has 0 radical (unpaired) electrons. The maximum atomic E-state index is 12.2. The van der Waals surface area contributed by atoms with Gasteiger partial charge in [0, 0.05) is 23.6 Å². The highest BCUT2D eigenvalue weighted by Gasteiger charge is 2.61. The Balaban J connectivity index is 1.69. The van der Waals surface area contributed by atoms with Crippen LogP contribution in [0.4, 0.5) is 0 Å². The normalized spacial score (nSPS) is 30.9. The van der Waals surface area contributed by atoms with Crippen LogP contribution in [0.25, 0.3) is 0 Å². The zero-order valence-electron chi connectivity index (χ0n) is 12.5. The molecule has 1 saturated carbocycles. The van der Waals surface area contributed by atoms with Gasteiger partial charge in [-0.3, -0.25) is 5.10 Å². The van der Waals surface area contributed by atoms with Gasteiger partial charge in [-0.15, -0.1) is 0 Å². The van der Waals surface area contributed by atoms with E-state index in [9.17, 15) is 4.79 Å². The molecule has 1 saturated heterocycles. The minimum atomic E-state index is -0.337.